The van der Waals surface area contributed by atoms with E-state index in [0.29, 0.717) is 0 Å². The van der Waals surface area contributed by atoms with Gasteiger partial charge in [-0.15, -0.1) is 12.1 Å². The van der Waals surface area contributed by atoms with Crippen molar-refractivity contribution in [3.63, 3.8) is 0 Å². The number of aromatic nitrogens is 3. The summed E-state index contributed by atoms with van der Waals surface area (Å²) in [4.78, 5) is 11.6. The average molecular weight is 1180 g/mol. The number of phenolic OH excluding ortho intramolecular Hbond substituents is 1. The zero-order valence-electron chi connectivity index (χ0n) is 45.7. The number of imidazole rings is 1. The summed E-state index contributed by atoms with van der Waals surface area (Å²) in [6.45, 7) is 22.5. The minimum atomic E-state index is -0.291. The van der Waals surface area contributed by atoms with E-state index < -0.39 is 0 Å². The molecule has 16 rings (SSSR count). The quantitative estimate of drug-likeness (QED) is 0.169. The van der Waals surface area contributed by atoms with Gasteiger partial charge < -0.3 is 9.67 Å². The molecule has 0 saturated heterocycles. The molecule has 0 atom stereocenters. The smallest absolute Gasteiger partial charge is 0.128 e. The number of hydrogen-bond donors (Lipinski definition) is 1. The number of nitrogens with zero attached hydrogens (tertiary/aromatic N) is 3. The van der Waals surface area contributed by atoms with Gasteiger partial charge in [0, 0.05) is 67.2 Å². The van der Waals surface area contributed by atoms with Crippen molar-refractivity contribution in [2.75, 3.05) is 0 Å². The summed E-state index contributed by atoms with van der Waals surface area (Å²) in [5, 5.41) is 12.3. The molecule has 5 heteroatoms. The second kappa shape index (κ2) is 17.7. The molecule has 0 unspecified atom stereocenters. The summed E-state index contributed by atoms with van der Waals surface area (Å²) in [6, 6.07) is 65.5. The van der Waals surface area contributed by atoms with E-state index in [9.17, 15) is 5.11 Å². The topological polar surface area (TPSA) is 50.9 Å². The maximum atomic E-state index is 12.3. The molecule has 8 aromatic carbocycles. The molecule has 0 saturated carbocycles. The Kier molecular flexibility index (Phi) is 11.4. The van der Waals surface area contributed by atoms with Gasteiger partial charge in [0.05, 0.1) is 22.6 Å². The van der Waals surface area contributed by atoms with Crippen LogP contribution >= 0.6 is 0 Å². The first-order valence-electron chi connectivity index (χ1n) is 27.6. The molecule has 0 spiro atoms. The van der Waals surface area contributed by atoms with Crippen molar-refractivity contribution in [1.82, 2.24) is 14.5 Å². The van der Waals surface area contributed by atoms with E-state index >= 15 is 0 Å². The van der Waals surface area contributed by atoms with E-state index in [2.05, 4.69) is 244 Å². The Hall–Kier alpha value is -7.13. The Morgan fingerprint density at radius 3 is 1.44 bits per heavy atom. The third-order valence-corrected chi connectivity index (χ3v) is 17.6. The van der Waals surface area contributed by atoms with Crippen molar-refractivity contribution in [1.29, 1.82) is 0 Å². The van der Waals surface area contributed by atoms with E-state index in [1.807, 2.05) is 0 Å². The Labute approximate surface area is 468 Å². The first kappa shape index (κ1) is 49.4. The van der Waals surface area contributed by atoms with Crippen LogP contribution in [-0.4, -0.2) is 19.6 Å². The van der Waals surface area contributed by atoms with Crippen molar-refractivity contribution in [2.24, 2.45) is 0 Å². The van der Waals surface area contributed by atoms with Gasteiger partial charge in [-0.05, 0) is 119 Å². The van der Waals surface area contributed by atoms with Crippen LogP contribution in [0.1, 0.15) is 194 Å². The number of hydrogen-bond acceptors (Lipinski definition) is 3. The van der Waals surface area contributed by atoms with Gasteiger partial charge in [0.1, 0.15) is 5.75 Å². The van der Waals surface area contributed by atoms with Gasteiger partial charge in [0.25, 0.3) is 0 Å². The van der Waals surface area contributed by atoms with Gasteiger partial charge in [0.15, 0.2) is 0 Å². The Bertz CT molecular complexity index is 3960. The molecule has 0 amide bonds. The van der Waals surface area contributed by atoms with Crippen LogP contribution in [0.4, 0.5) is 0 Å². The Morgan fingerprint density at radius 2 is 0.948 bits per heavy atom. The number of para-hydroxylation sites is 1. The van der Waals surface area contributed by atoms with Crippen LogP contribution in [0.5, 0.6) is 5.75 Å². The molecule has 2 heterocycles. The maximum Gasteiger partial charge on any atom is 0.128 e. The van der Waals surface area contributed by atoms with Crippen molar-refractivity contribution in [2.45, 2.75) is 116 Å². The summed E-state index contributed by atoms with van der Waals surface area (Å²) in [5.74, 6) is 1.87. The normalized spacial score (nSPS) is 17.4. The number of pyridine rings is 1. The van der Waals surface area contributed by atoms with E-state index in [-0.39, 0.29) is 73.2 Å². The molecule has 4 nitrogen and oxygen atoms in total. The molecule has 0 fully saturated rings. The molecule has 6 aliphatic carbocycles. The molecule has 6 aliphatic rings. The third-order valence-electron chi connectivity index (χ3n) is 17.6. The number of rotatable bonds is 6. The zero-order valence-corrected chi connectivity index (χ0v) is 47.9. The van der Waals surface area contributed by atoms with Crippen LogP contribution in [0.3, 0.4) is 0 Å². The van der Waals surface area contributed by atoms with Gasteiger partial charge in [-0.25, -0.2) is 0 Å². The summed E-state index contributed by atoms with van der Waals surface area (Å²) in [7, 11) is 0. The first-order valence-corrected chi connectivity index (χ1v) is 27.6. The van der Waals surface area contributed by atoms with Gasteiger partial charge in [-0.3, -0.25) is 9.97 Å². The monoisotopic (exact) mass is 1180 g/mol. The van der Waals surface area contributed by atoms with Gasteiger partial charge >= 0.3 is 0 Å². The molecular weight excluding hydrogens is 1120 g/mol. The summed E-state index contributed by atoms with van der Waals surface area (Å²) >= 11 is 0. The average Bonchev–Trinajstić information content (AvgIpc) is 4.04. The van der Waals surface area contributed by atoms with Gasteiger partial charge in [0.2, 0.25) is 0 Å². The van der Waals surface area contributed by atoms with Crippen LogP contribution in [-0.2, 0) is 31.9 Å². The summed E-state index contributed by atoms with van der Waals surface area (Å²) < 4.78 is 2.53. The van der Waals surface area contributed by atoms with E-state index in [0.717, 1.165) is 56.1 Å². The Balaban J connectivity index is 0.00000566. The Morgan fingerprint density at radius 1 is 0.481 bits per heavy atom. The number of benzene rings is 8. The maximum absolute atomic E-state index is 12.3. The SMILES string of the molecule is CC(C)c1cccc(C(C)C)c1-n1c(-c2[c-]c(-c3cccc(-c4cc(C(C)(C)C)cc(C(C)(C)C)c4O)n3)c3c(c2)C2c4ccccc4C3c3ccccc32)nc2cc3c(cc21)C1c2ccccc2C3c2ccccc21.[Pt]. The van der Waals surface area contributed by atoms with Gasteiger partial charge in [-0.2, -0.15) is 0 Å². The standard InChI is InChI=1S/C72H64N3O.Pt/c1-39(2)43-29-19-30-44(40(3)4)68(43)75-62-38-54-53(63-45-21-11-13-23-47(45)64(54)48-24-14-12-22-46(48)63)37-61(62)74-70(75)41-33-55(67-57(34-41)65-49-25-15-17-27-51(49)66(67)52-28-18-16-26-50(52)65)59-31-20-32-60(73-59)56-35-42(71(5,6)7)36-58(69(56)76)72(8,9)10;/h11-32,34-40,63-66,76H,1-10H3;/q-1;. The van der Waals surface area contributed by atoms with Crippen molar-refractivity contribution < 1.29 is 26.2 Å². The predicted octanol–water partition coefficient (Wildman–Crippen LogP) is 17.7. The molecule has 0 radical (unpaired) electrons. The third kappa shape index (κ3) is 7.34. The fourth-order valence-corrected chi connectivity index (χ4v) is 14.0. The van der Waals surface area contributed by atoms with Crippen LogP contribution in [0.2, 0.25) is 0 Å². The van der Waals surface area contributed by atoms with Crippen LogP contribution in [0.15, 0.2) is 164 Å². The molecule has 0 aliphatic heterocycles. The summed E-state index contributed by atoms with van der Waals surface area (Å²) in [6.07, 6.45) is 0. The molecule has 77 heavy (non-hydrogen) atoms. The van der Waals surface area contributed by atoms with E-state index in [1.165, 1.54) is 83.6 Å². The van der Waals surface area contributed by atoms with Crippen LogP contribution in [0, 0.1) is 6.07 Å². The molecule has 1 N–H and O–H groups in total. The fourth-order valence-electron chi connectivity index (χ4n) is 14.0. The second-order valence-electron chi connectivity index (χ2n) is 24.8. The second-order valence-corrected chi connectivity index (χ2v) is 24.8. The molecule has 2 aromatic heterocycles. The molecule has 4 bridgehead atoms. The molecule has 384 valence electrons. The number of aromatic hydroxyl groups is 1. The predicted molar refractivity (Wildman–Crippen MR) is 311 cm³/mol. The molecular formula is C72H64N3OPt-. The fraction of sp³-hybridized carbons (Fsp3) is 0.250. The van der Waals surface area contributed by atoms with Crippen LogP contribution in [0.25, 0.3) is 50.6 Å². The largest absolute Gasteiger partial charge is 0.507 e. The number of phenols is 1. The molecule has 10 aromatic rings. The number of fused-ring (bicyclic) bond motifs is 1. The minimum absolute atomic E-state index is 0. The van der Waals surface area contributed by atoms with E-state index in [4.69, 9.17) is 9.97 Å². The summed E-state index contributed by atoms with van der Waals surface area (Å²) in [5.41, 5.74) is 28.0. The first-order chi connectivity index (χ1) is 36.6. The van der Waals surface area contributed by atoms with Gasteiger partial charge in [-0.1, -0.05) is 225 Å². The van der Waals surface area contributed by atoms with Crippen molar-refractivity contribution in [3.05, 3.63) is 259 Å². The van der Waals surface area contributed by atoms with Crippen LogP contribution < -0.4 is 0 Å². The van der Waals surface area contributed by atoms with Crippen molar-refractivity contribution >= 4 is 11.0 Å². The van der Waals surface area contributed by atoms with E-state index in [1.54, 1.807) is 0 Å². The van der Waals surface area contributed by atoms with Crippen molar-refractivity contribution in [3.8, 4) is 45.3 Å². The zero-order chi connectivity index (χ0) is 52.3. The minimum Gasteiger partial charge on any atom is -0.507 e.